The van der Waals surface area contributed by atoms with Crippen molar-refractivity contribution in [1.82, 2.24) is 9.97 Å². The summed E-state index contributed by atoms with van der Waals surface area (Å²) in [6.07, 6.45) is 3.33. The van der Waals surface area contributed by atoms with Crippen LogP contribution >= 0.6 is 0 Å². The molecule has 1 heterocycles. The Morgan fingerprint density at radius 3 is 2.56 bits per heavy atom. The number of benzene rings is 1. The van der Waals surface area contributed by atoms with Gasteiger partial charge in [0.05, 0.1) is 6.54 Å². The minimum absolute atomic E-state index is 0.222. The van der Waals surface area contributed by atoms with Crippen LogP contribution < -0.4 is 5.73 Å². The number of hydrogen-bond donors (Lipinski definition) is 1. The van der Waals surface area contributed by atoms with Crippen LogP contribution in [0.25, 0.3) is 11.1 Å². The molecule has 0 radical (unpaired) electrons. The molecule has 3 nitrogen and oxygen atoms in total. The van der Waals surface area contributed by atoms with Crippen molar-refractivity contribution in [2.24, 2.45) is 5.73 Å². The molecule has 0 fully saturated rings. The van der Waals surface area contributed by atoms with Gasteiger partial charge < -0.3 is 5.73 Å². The van der Waals surface area contributed by atoms with E-state index in [-0.39, 0.29) is 5.82 Å². The smallest absolute Gasteiger partial charge is 0.141 e. The highest BCUT2D eigenvalue weighted by molar-refractivity contribution is 5.65. The quantitative estimate of drug-likeness (QED) is 0.837. The lowest BCUT2D eigenvalue weighted by atomic mass is 10.0. The zero-order valence-corrected chi connectivity index (χ0v) is 8.94. The van der Waals surface area contributed by atoms with E-state index in [4.69, 9.17) is 5.73 Å². The average molecular weight is 217 g/mol. The summed E-state index contributed by atoms with van der Waals surface area (Å²) in [6.45, 7) is 2.05. The van der Waals surface area contributed by atoms with Crippen LogP contribution in [0.5, 0.6) is 0 Å². The number of hydrogen-bond acceptors (Lipinski definition) is 3. The molecule has 82 valence electrons. The summed E-state index contributed by atoms with van der Waals surface area (Å²) in [5.41, 5.74) is 7.62. The summed E-state index contributed by atoms with van der Waals surface area (Å²) in [7, 11) is 0. The summed E-state index contributed by atoms with van der Waals surface area (Å²) < 4.78 is 13.3. The highest BCUT2D eigenvalue weighted by atomic mass is 19.1. The lowest BCUT2D eigenvalue weighted by molar-refractivity contribution is 0.619. The van der Waals surface area contributed by atoms with Crippen LogP contribution in [0, 0.1) is 12.7 Å². The number of rotatable bonds is 2. The molecule has 1 aromatic heterocycles. The van der Waals surface area contributed by atoms with Crippen LogP contribution in [0.15, 0.2) is 30.6 Å². The first-order chi connectivity index (χ1) is 7.72. The standard InChI is InChI=1S/C12H12FN3/c1-8-10(3-2-4-11(8)13)9-6-15-12(5-14)16-7-9/h2-4,6-7H,5,14H2,1H3. The Bertz CT molecular complexity index is 494. The highest BCUT2D eigenvalue weighted by Crippen LogP contribution is 2.23. The molecule has 4 heteroatoms. The number of aromatic nitrogens is 2. The molecule has 0 atom stereocenters. The number of halogens is 1. The minimum Gasteiger partial charge on any atom is -0.324 e. The molecule has 0 saturated carbocycles. The normalized spacial score (nSPS) is 10.4. The minimum atomic E-state index is -0.222. The third kappa shape index (κ3) is 1.92. The maximum Gasteiger partial charge on any atom is 0.141 e. The number of nitrogens with two attached hydrogens (primary N) is 1. The van der Waals surface area contributed by atoms with Crippen molar-refractivity contribution in [3.05, 3.63) is 47.8 Å². The van der Waals surface area contributed by atoms with Crippen LogP contribution in [0.3, 0.4) is 0 Å². The molecule has 2 aromatic rings. The average Bonchev–Trinajstić information content (AvgIpc) is 2.33. The van der Waals surface area contributed by atoms with E-state index in [9.17, 15) is 4.39 Å². The van der Waals surface area contributed by atoms with E-state index in [0.717, 1.165) is 11.1 Å². The molecule has 1 aromatic carbocycles. The van der Waals surface area contributed by atoms with Gasteiger partial charge in [-0.3, -0.25) is 0 Å². The van der Waals surface area contributed by atoms with Crippen molar-refractivity contribution in [1.29, 1.82) is 0 Å². The van der Waals surface area contributed by atoms with Gasteiger partial charge in [-0.25, -0.2) is 14.4 Å². The summed E-state index contributed by atoms with van der Waals surface area (Å²) in [5.74, 6) is 0.359. The first kappa shape index (κ1) is 10.7. The summed E-state index contributed by atoms with van der Waals surface area (Å²) in [5, 5.41) is 0. The lowest BCUT2D eigenvalue weighted by Gasteiger charge is -2.06. The Kier molecular flexibility index (Phi) is 2.92. The van der Waals surface area contributed by atoms with E-state index >= 15 is 0 Å². The van der Waals surface area contributed by atoms with Crippen molar-refractivity contribution >= 4 is 0 Å². The summed E-state index contributed by atoms with van der Waals surface area (Å²) in [4.78, 5) is 8.17. The van der Waals surface area contributed by atoms with Crippen LogP contribution in [-0.2, 0) is 6.54 Å². The van der Waals surface area contributed by atoms with E-state index in [1.807, 2.05) is 6.07 Å². The molecule has 2 N–H and O–H groups in total. The molecule has 0 aliphatic rings. The van der Waals surface area contributed by atoms with Gasteiger partial charge in [-0.05, 0) is 24.1 Å². The predicted octanol–water partition coefficient (Wildman–Crippen LogP) is 2.05. The van der Waals surface area contributed by atoms with Crippen molar-refractivity contribution < 1.29 is 4.39 Å². The molecule has 0 spiro atoms. The van der Waals surface area contributed by atoms with Crippen molar-refractivity contribution in [3.8, 4) is 11.1 Å². The first-order valence-electron chi connectivity index (χ1n) is 4.99. The Morgan fingerprint density at radius 2 is 1.94 bits per heavy atom. The maximum absolute atomic E-state index is 13.3. The Labute approximate surface area is 93.2 Å². The van der Waals surface area contributed by atoms with Crippen LogP contribution in [0.4, 0.5) is 4.39 Å². The molecule has 0 unspecified atom stereocenters. The predicted molar refractivity (Wildman–Crippen MR) is 60.1 cm³/mol. The van der Waals surface area contributed by atoms with E-state index in [2.05, 4.69) is 9.97 Å². The third-order valence-electron chi connectivity index (χ3n) is 2.47. The van der Waals surface area contributed by atoms with E-state index < -0.39 is 0 Å². The Balaban J connectivity index is 2.46. The molecule has 0 saturated heterocycles. The second-order valence-corrected chi connectivity index (χ2v) is 3.50. The first-order valence-corrected chi connectivity index (χ1v) is 4.99. The summed E-state index contributed by atoms with van der Waals surface area (Å²) >= 11 is 0. The zero-order valence-electron chi connectivity index (χ0n) is 8.94. The highest BCUT2D eigenvalue weighted by Gasteiger charge is 2.06. The monoisotopic (exact) mass is 217 g/mol. The topological polar surface area (TPSA) is 51.8 Å². The van der Waals surface area contributed by atoms with Crippen LogP contribution in [-0.4, -0.2) is 9.97 Å². The maximum atomic E-state index is 13.3. The fourth-order valence-corrected chi connectivity index (χ4v) is 1.52. The van der Waals surface area contributed by atoms with Crippen LogP contribution in [0.1, 0.15) is 11.4 Å². The third-order valence-corrected chi connectivity index (χ3v) is 2.47. The van der Waals surface area contributed by atoms with Gasteiger partial charge in [-0.2, -0.15) is 0 Å². The van der Waals surface area contributed by atoms with Gasteiger partial charge in [0.25, 0.3) is 0 Å². The zero-order chi connectivity index (χ0) is 11.5. The molecule has 16 heavy (non-hydrogen) atoms. The lowest BCUT2D eigenvalue weighted by Crippen LogP contribution is -2.02. The van der Waals surface area contributed by atoms with E-state index in [0.29, 0.717) is 17.9 Å². The fourth-order valence-electron chi connectivity index (χ4n) is 1.52. The van der Waals surface area contributed by atoms with Crippen molar-refractivity contribution in [2.45, 2.75) is 13.5 Å². The van der Waals surface area contributed by atoms with Gasteiger partial charge in [0.2, 0.25) is 0 Å². The van der Waals surface area contributed by atoms with E-state index in [1.54, 1.807) is 25.4 Å². The summed E-state index contributed by atoms with van der Waals surface area (Å²) in [6, 6.07) is 4.96. The van der Waals surface area contributed by atoms with Gasteiger partial charge in [0.15, 0.2) is 0 Å². The van der Waals surface area contributed by atoms with Gasteiger partial charge in [-0.1, -0.05) is 12.1 Å². The molecule has 0 bridgehead atoms. The fraction of sp³-hybridized carbons (Fsp3) is 0.167. The second kappa shape index (κ2) is 4.37. The largest absolute Gasteiger partial charge is 0.324 e. The molecule has 0 aliphatic carbocycles. The van der Waals surface area contributed by atoms with Crippen molar-refractivity contribution in [3.63, 3.8) is 0 Å². The SMILES string of the molecule is Cc1c(F)cccc1-c1cnc(CN)nc1. The molecule has 0 amide bonds. The van der Waals surface area contributed by atoms with E-state index in [1.165, 1.54) is 6.07 Å². The Hall–Kier alpha value is -1.81. The van der Waals surface area contributed by atoms with Gasteiger partial charge in [-0.15, -0.1) is 0 Å². The van der Waals surface area contributed by atoms with Crippen molar-refractivity contribution in [2.75, 3.05) is 0 Å². The number of nitrogens with zero attached hydrogens (tertiary/aromatic N) is 2. The van der Waals surface area contributed by atoms with Crippen LogP contribution in [0.2, 0.25) is 0 Å². The second-order valence-electron chi connectivity index (χ2n) is 3.50. The molecule has 2 rings (SSSR count). The molecular formula is C12H12FN3. The van der Waals surface area contributed by atoms with Gasteiger partial charge >= 0.3 is 0 Å². The van der Waals surface area contributed by atoms with Gasteiger partial charge in [0.1, 0.15) is 11.6 Å². The van der Waals surface area contributed by atoms with Gasteiger partial charge in [0, 0.05) is 18.0 Å². The molecular weight excluding hydrogens is 205 g/mol. The Morgan fingerprint density at radius 1 is 1.25 bits per heavy atom. The molecule has 0 aliphatic heterocycles.